The minimum absolute atomic E-state index is 0.0588. The summed E-state index contributed by atoms with van der Waals surface area (Å²) in [6.45, 7) is 5.97. The number of halogens is 3. The van der Waals surface area contributed by atoms with E-state index in [2.05, 4.69) is 14.8 Å². The zero-order valence-corrected chi connectivity index (χ0v) is 19.3. The van der Waals surface area contributed by atoms with Crippen LogP contribution >= 0.6 is 0 Å². The van der Waals surface area contributed by atoms with Crippen molar-refractivity contribution in [1.29, 1.82) is 0 Å². The van der Waals surface area contributed by atoms with Crippen LogP contribution in [0.1, 0.15) is 26.7 Å². The highest BCUT2D eigenvalue weighted by atomic mass is 32.2. The second-order valence-electron chi connectivity index (χ2n) is 7.70. The van der Waals surface area contributed by atoms with Gasteiger partial charge in [-0.1, -0.05) is 6.92 Å². The summed E-state index contributed by atoms with van der Waals surface area (Å²) in [5, 5.41) is 2.90. The molecule has 0 saturated carbocycles. The Balaban J connectivity index is 1.75. The standard InChI is InChI=1S/C20H29F3N4O5S/c1-3-15(2)25-18(28)14-26-10-12-27(13-11-26)19(29)8-9-24-33(30,31)17-6-4-16(5-7-17)32-20(21,22)23/h4-7,15,24H,3,8-14H2,1-2H3,(H,25,28). The van der Waals surface area contributed by atoms with Crippen molar-refractivity contribution in [2.45, 2.75) is 44.0 Å². The number of alkyl halides is 3. The van der Waals surface area contributed by atoms with Crippen molar-refractivity contribution in [3.8, 4) is 5.75 Å². The van der Waals surface area contributed by atoms with Gasteiger partial charge >= 0.3 is 6.36 Å². The Hall–Kier alpha value is -2.38. The van der Waals surface area contributed by atoms with Gasteiger partial charge in [0.25, 0.3) is 0 Å². The first kappa shape index (κ1) is 26.9. The molecule has 0 aliphatic carbocycles. The van der Waals surface area contributed by atoms with Crippen molar-refractivity contribution >= 4 is 21.8 Å². The van der Waals surface area contributed by atoms with E-state index in [0.29, 0.717) is 26.2 Å². The molecule has 2 rings (SSSR count). The summed E-state index contributed by atoms with van der Waals surface area (Å²) in [5.41, 5.74) is 0. The number of amides is 2. The molecule has 1 atom stereocenters. The minimum Gasteiger partial charge on any atom is -0.406 e. The van der Waals surface area contributed by atoms with Gasteiger partial charge in [0.2, 0.25) is 21.8 Å². The van der Waals surface area contributed by atoms with Crippen molar-refractivity contribution in [2.75, 3.05) is 39.3 Å². The fourth-order valence-corrected chi connectivity index (χ4v) is 4.17. The number of rotatable bonds is 10. The van der Waals surface area contributed by atoms with Crippen LogP contribution in [-0.2, 0) is 19.6 Å². The number of carbonyl (C=O) groups excluding carboxylic acids is 2. The third-order valence-electron chi connectivity index (χ3n) is 5.11. The SMILES string of the molecule is CCC(C)NC(=O)CN1CCN(C(=O)CCNS(=O)(=O)c2ccc(OC(F)(F)F)cc2)CC1. The van der Waals surface area contributed by atoms with Crippen molar-refractivity contribution in [2.24, 2.45) is 0 Å². The summed E-state index contributed by atoms with van der Waals surface area (Å²) in [5.74, 6) is -0.819. The first-order valence-electron chi connectivity index (χ1n) is 10.5. The fourth-order valence-electron chi connectivity index (χ4n) is 3.14. The summed E-state index contributed by atoms with van der Waals surface area (Å²) >= 11 is 0. The number of nitrogens with zero attached hydrogens (tertiary/aromatic N) is 2. The lowest BCUT2D eigenvalue weighted by atomic mass is 10.2. The molecular weight excluding hydrogens is 465 g/mol. The predicted octanol–water partition coefficient (Wildman–Crippen LogP) is 1.31. The molecule has 0 spiro atoms. The van der Waals surface area contributed by atoms with Gasteiger partial charge in [0, 0.05) is 45.2 Å². The smallest absolute Gasteiger partial charge is 0.406 e. The highest BCUT2D eigenvalue weighted by Crippen LogP contribution is 2.23. The van der Waals surface area contributed by atoms with Crippen molar-refractivity contribution < 1.29 is 35.9 Å². The molecule has 1 aliphatic heterocycles. The summed E-state index contributed by atoms with van der Waals surface area (Å²) < 4.78 is 67.1. The Bertz CT molecular complexity index is 901. The number of nitrogens with one attached hydrogen (secondary N) is 2. The Morgan fingerprint density at radius 1 is 1.12 bits per heavy atom. The number of benzene rings is 1. The Kier molecular flexibility index (Phi) is 9.49. The van der Waals surface area contributed by atoms with Crippen LogP contribution in [0.15, 0.2) is 29.2 Å². The third-order valence-corrected chi connectivity index (χ3v) is 6.59. The number of piperazine rings is 1. The quantitative estimate of drug-likeness (QED) is 0.508. The van der Waals surface area contributed by atoms with Crippen LogP contribution in [0.25, 0.3) is 0 Å². The molecule has 1 unspecified atom stereocenters. The van der Waals surface area contributed by atoms with Crippen LogP contribution in [0.5, 0.6) is 5.75 Å². The molecule has 13 heteroatoms. The summed E-state index contributed by atoms with van der Waals surface area (Å²) in [6.07, 6.45) is -4.09. The van der Waals surface area contributed by atoms with Gasteiger partial charge in [0.15, 0.2) is 0 Å². The molecule has 0 aromatic heterocycles. The zero-order valence-electron chi connectivity index (χ0n) is 18.5. The Morgan fingerprint density at radius 3 is 2.27 bits per heavy atom. The third kappa shape index (κ3) is 9.18. The number of hydrogen-bond acceptors (Lipinski definition) is 6. The Labute approximate surface area is 191 Å². The first-order valence-corrected chi connectivity index (χ1v) is 12.0. The monoisotopic (exact) mass is 494 g/mol. The van der Waals surface area contributed by atoms with Crippen LogP contribution in [0, 0.1) is 0 Å². The molecular formula is C20H29F3N4O5S. The number of ether oxygens (including phenoxy) is 1. The lowest BCUT2D eigenvalue weighted by molar-refractivity contribution is -0.274. The van der Waals surface area contributed by atoms with E-state index in [9.17, 15) is 31.2 Å². The highest BCUT2D eigenvalue weighted by Gasteiger charge is 2.31. The molecule has 1 aromatic rings. The maximum atomic E-state index is 12.4. The second kappa shape index (κ2) is 11.7. The molecule has 1 saturated heterocycles. The molecule has 186 valence electrons. The van der Waals surface area contributed by atoms with Crippen LogP contribution in [0.3, 0.4) is 0 Å². The fraction of sp³-hybridized carbons (Fsp3) is 0.600. The van der Waals surface area contributed by atoms with Crippen LogP contribution in [-0.4, -0.2) is 81.7 Å². The summed E-state index contributed by atoms with van der Waals surface area (Å²) in [6, 6.07) is 3.88. The molecule has 0 radical (unpaired) electrons. The van der Waals surface area contributed by atoms with Crippen LogP contribution < -0.4 is 14.8 Å². The lowest BCUT2D eigenvalue weighted by Crippen LogP contribution is -2.52. The average Bonchev–Trinajstić information content (AvgIpc) is 2.73. The summed E-state index contributed by atoms with van der Waals surface area (Å²) in [4.78, 5) is 27.7. The van der Waals surface area contributed by atoms with E-state index in [-0.39, 0.29) is 42.3 Å². The molecule has 1 aromatic carbocycles. The molecule has 0 bridgehead atoms. The van der Waals surface area contributed by atoms with Crippen molar-refractivity contribution in [3.63, 3.8) is 0 Å². The van der Waals surface area contributed by atoms with E-state index in [1.54, 1.807) is 4.90 Å². The Morgan fingerprint density at radius 2 is 1.73 bits per heavy atom. The van der Waals surface area contributed by atoms with E-state index >= 15 is 0 Å². The van der Waals surface area contributed by atoms with Crippen molar-refractivity contribution in [1.82, 2.24) is 19.8 Å². The lowest BCUT2D eigenvalue weighted by Gasteiger charge is -2.34. The normalized spacial score (nSPS) is 16.3. The first-order chi connectivity index (χ1) is 15.4. The van der Waals surface area contributed by atoms with E-state index in [1.165, 1.54) is 0 Å². The molecule has 1 heterocycles. The molecule has 1 fully saturated rings. The predicted molar refractivity (Wildman–Crippen MR) is 114 cm³/mol. The topological polar surface area (TPSA) is 108 Å². The number of carbonyl (C=O) groups is 2. The minimum atomic E-state index is -4.87. The molecule has 9 nitrogen and oxygen atoms in total. The van der Waals surface area contributed by atoms with Gasteiger partial charge in [-0.15, -0.1) is 13.2 Å². The molecule has 1 aliphatic rings. The van der Waals surface area contributed by atoms with Gasteiger partial charge < -0.3 is 15.0 Å². The maximum Gasteiger partial charge on any atom is 0.573 e. The van der Waals surface area contributed by atoms with E-state index in [0.717, 1.165) is 30.7 Å². The van der Waals surface area contributed by atoms with Gasteiger partial charge in [-0.05, 0) is 37.6 Å². The van der Waals surface area contributed by atoms with Gasteiger partial charge in [-0.25, -0.2) is 13.1 Å². The van der Waals surface area contributed by atoms with E-state index in [1.807, 2.05) is 18.7 Å². The second-order valence-corrected chi connectivity index (χ2v) is 9.47. The largest absolute Gasteiger partial charge is 0.573 e. The summed E-state index contributed by atoms with van der Waals surface area (Å²) in [7, 11) is -3.99. The van der Waals surface area contributed by atoms with Gasteiger partial charge in [-0.2, -0.15) is 0 Å². The van der Waals surface area contributed by atoms with Crippen LogP contribution in [0.4, 0.5) is 13.2 Å². The molecule has 2 amide bonds. The van der Waals surface area contributed by atoms with E-state index < -0.39 is 22.1 Å². The van der Waals surface area contributed by atoms with Gasteiger partial charge in [0.05, 0.1) is 11.4 Å². The van der Waals surface area contributed by atoms with Crippen molar-refractivity contribution in [3.05, 3.63) is 24.3 Å². The number of hydrogen-bond donors (Lipinski definition) is 2. The van der Waals surface area contributed by atoms with Crippen LogP contribution in [0.2, 0.25) is 0 Å². The highest BCUT2D eigenvalue weighted by molar-refractivity contribution is 7.89. The van der Waals surface area contributed by atoms with Gasteiger partial charge in [-0.3, -0.25) is 14.5 Å². The molecule has 33 heavy (non-hydrogen) atoms. The number of sulfonamides is 1. The van der Waals surface area contributed by atoms with E-state index in [4.69, 9.17) is 0 Å². The molecule has 2 N–H and O–H groups in total. The average molecular weight is 495 g/mol. The van der Waals surface area contributed by atoms with Gasteiger partial charge in [0.1, 0.15) is 5.75 Å². The maximum absolute atomic E-state index is 12.4. The zero-order chi connectivity index (χ0) is 24.6.